The molecule has 30 heavy (non-hydrogen) atoms. The average molecular weight is 424 g/mol. The first-order chi connectivity index (χ1) is 14.5. The van der Waals surface area contributed by atoms with E-state index < -0.39 is 0 Å². The smallest absolute Gasteiger partial charge is 0.253 e. The molecular weight excluding hydrogens is 398 g/mol. The lowest BCUT2D eigenvalue weighted by Crippen LogP contribution is -2.32. The summed E-state index contributed by atoms with van der Waals surface area (Å²) >= 11 is 6.37. The Kier molecular flexibility index (Phi) is 6.04. The number of nitrogens with zero attached hydrogens (tertiary/aromatic N) is 4. The second-order valence-corrected chi connectivity index (χ2v) is 8.40. The van der Waals surface area contributed by atoms with Gasteiger partial charge in [0, 0.05) is 24.5 Å². The molecule has 2 heterocycles. The summed E-state index contributed by atoms with van der Waals surface area (Å²) in [5, 5.41) is 11.0. The maximum Gasteiger partial charge on any atom is 0.253 e. The van der Waals surface area contributed by atoms with Gasteiger partial charge in [-0.05, 0) is 61.6 Å². The summed E-state index contributed by atoms with van der Waals surface area (Å²) in [4.78, 5) is 15.2. The van der Waals surface area contributed by atoms with Crippen LogP contribution in [-0.4, -0.2) is 33.8 Å². The fourth-order valence-electron chi connectivity index (χ4n) is 3.78. The predicted molar refractivity (Wildman–Crippen MR) is 119 cm³/mol. The van der Waals surface area contributed by atoms with Gasteiger partial charge in [-0.3, -0.25) is 9.36 Å². The Labute approximate surface area is 181 Å². The number of rotatable bonds is 5. The van der Waals surface area contributed by atoms with Crippen molar-refractivity contribution in [3.63, 3.8) is 0 Å². The second-order valence-electron chi connectivity index (χ2n) is 7.99. The molecule has 1 aliphatic heterocycles. The minimum absolute atomic E-state index is 0.124. The zero-order chi connectivity index (χ0) is 21.1. The van der Waals surface area contributed by atoms with E-state index in [1.54, 1.807) is 29.4 Å². The SMILES string of the molecule is CC1CCN(c2ccc([C@H](C)NC(=O)c3ccc(-n4cnnc4)cc3Cl)cc2)CC1. The maximum atomic E-state index is 12.8. The van der Waals surface area contributed by atoms with Crippen molar-refractivity contribution in [3.8, 4) is 5.69 Å². The Balaban J connectivity index is 1.41. The number of halogens is 1. The first kappa shape index (κ1) is 20.4. The molecule has 3 aromatic rings. The number of aromatic nitrogens is 3. The van der Waals surface area contributed by atoms with E-state index >= 15 is 0 Å². The summed E-state index contributed by atoms with van der Waals surface area (Å²) in [6, 6.07) is 13.6. The van der Waals surface area contributed by atoms with Crippen LogP contribution in [0.15, 0.2) is 55.1 Å². The third-order valence-corrected chi connectivity index (χ3v) is 6.12. The van der Waals surface area contributed by atoms with Crippen molar-refractivity contribution in [2.24, 2.45) is 5.92 Å². The largest absolute Gasteiger partial charge is 0.372 e. The average Bonchev–Trinajstić information content (AvgIpc) is 3.29. The fourth-order valence-corrected chi connectivity index (χ4v) is 4.04. The van der Waals surface area contributed by atoms with E-state index in [1.807, 2.05) is 13.0 Å². The van der Waals surface area contributed by atoms with Gasteiger partial charge < -0.3 is 10.2 Å². The molecule has 0 radical (unpaired) electrons. The third kappa shape index (κ3) is 4.49. The molecule has 156 valence electrons. The molecule has 0 aliphatic carbocycles. The van der Waals surface area contributed by atoms with E-state index in [-0.39, 0.29) is 11.9 Å². The quantitative estimate of drug-likeness (QED) is 0.648. The number of carbonyl (C=O) groups is 1. The molecule has 0 saturated carbocycles. The standard InChI is InChI=1S/C23H26ClN5O/c1-16-9-11-28(12-10-16)19-5-3-18(4-6-19)17(2)27-23(30)21-8-7-20(13-22(21)24)29-14-25-26-15-29/h3-8,13-17H,9-12H2,1-2H3,(H,27,30)/t17-/m0/s1. The fraction of sp³-hybridized carbons (Fsp3) is 0.348. The molecule has 1 saturated heterocycles. The first-order valence-electron chi connectivity index (χ1n) is 10.3. The molecule has 6 nitrogen and oxygen atoms in total. The molecule has 7 heteroatoms. The Morgan fingerprint density at radius 1 is 1.07 bits per heavy atom. The highest BCUT2D eigenvalue weighted by molar-refractivity contribution is 6.34. The number of benzene rings is 2. The molecule has 1 aliphatic rings. The Morgan fingerprint density at radius 3 is 2.33 bits per heavy atom. The third-order valence-electron chi connectivity index (χ3n) is 5.80. The van der Waals surface area contributed by atoms with Gasteiger partial charge in [-0.2, -0.15) is 0 Å². The van der Waals surface area contributed by atoms with Gasteiger partial charge in [0.25, 0.3) is 5.91 Å². The second kappa shape index (κ2) is 8.88. The van der Waals surface area contributed by atoms with Gasteiger partial charge in [0.15, 0.2) is 0 Å². The van der Waals surface area contributed by atoms with Crippen LogP contribution in [-0.2, 0) is 0 Å². The van der Waals surface area contributed by atoms with Crippen LogP contribution in [0.2, 0.25) is 5.02 Å². The number of hydrogen-bond acceptors (Lipinski definition) is 4. The monoisotopic (exact) mass is 423 g/mol. The van der Waals surface area contributed by atoms with Crippen molar-refractivity contribution in [2.45, 2.75) is 32.7 Å². The van der Waals surface area contributed by atoms with E-state index in [4.69, 9.17) is 11.6 Å². The van der Waals surface area contributed by atoms with E-state index in [2.05, 4.69) is 51.6 Å². The van der Waals surface area contributed by atoms with Crippen LogP contribution in [0.5, 0.6) is 0 Å². The first-order valence-corrected chi connectivity index (χ1v) is 10.7. The van der Waals surface area contributed by atoms with Gasteiger partial charge in [0.1, 0.15) is 12.7 Å². The van der Waals surface area contributed by atoms with Gasteiger partial charge in [-0.15, -0.1) is 10.2 Å². The molecule has 1 N–H and O–H groups in total. The lowest BCUT2D eigenvalue weighted by molar-refractivity contribution is 0.0940. The van der Waals surface area contributed by atoms with Crippen molar-refractivity contribution >= 4 is 23.2 Å². The molecule has 1 atom stereocenters. The van der Waals surface area contributed by atoms with Crippen LogP contribution in [0.4, 0.5) is 5.69 Å². The minimum Gasteiger partial charge on any atom is -0.372 e. The molecule has 1 aromatic heterocycles. The van der Waals surface area contributed by atoms with Gasteiger partial charge in [0.05, 0.1) is 16.6 Å². The molecule has 2 aromatic carbocycles. The normalized spacial score (nSPS) is 15.8. The predicted octanol–water partition coefficient (Wildman–Crippen LogP) is 4.65. The zero-order valence-electron chi connectivity index (χ0n) is 17.3. The Morgan fingerprint density at radius 2 is 1.70 bits per heavy atom. The van der Waals surface area contributed by atoms with Gasteiger partial charge >= 0.3 is 0 Å². The highest BCUT2D eigenvalue weighted by atomic mass is 35.5. The molecule has 1 fully saturated rings. The molecule has 4 rings (SSSR count). The van der Waals surface area contributed by atoms with Crippen molar-refractivity contribution in [2.75, 3.05) is 18.0 Å². The summed E-state index contributed by atoms with van der Waals surface area (Å²) in [6.07, 6.45) is 5.65. The molecule has 0 unspecified atom stereocenters. The number of piperidine rings is 1. The van der Waals surface area contributed by atoms with Crippen LogP contribution in [0.1, 0.15) is 48.7 Å². The summed E-state index contributed by atoms with van der Waals surface area (Å²) in [5.74, 6) is 0.616. The summed E-state index contributed by atoms with van der Waals surface area (Å²) in [7, 11) is 0. The van der Waals surface area contributed by atoms with Crippen molar-refractivity contribution in [3.05, 3.63) is 71.3 Å². The highest BCUT2D eigenvalue weighted by Crippen LogP contribution is 2.25. The van der Waals surface area contributed by atoms with Crippen molar-refractivity contribution in [1.82, 2.24) is 20.1 Å². The number of nitrogens with one attached hydrogen (secondary N) is 1. The summed E-state index contributed by atoms with van der Waals surface area (Å²) < 4.78 is 1.74. The number of anilines is 1. The zero-order valence-corrected chi connectivity index (χ0v) is 18.0. The van der Waals surface area contributed by atoms with E-state index in [9.17, 15) is 4.79 Å². The van der Waals surface area contributed by atoms with E-state index in [1.165, 1.54) is 18.5 Å². The topological polar surface area (TPSA) is 63.1 Å². The molecule has 0 spiro atoms. The van der Waals surface area contributed by atoms with Crippen LogP contribution in [0.3, 0.4) is 0 Å². The van der Waals surface area contributed by atoms with Crippen LogP contribution in [0, 0.1) is 5.92 Å². The van der Waals surface area contributed by atoms with Gasteiger partial charge in [-0.1, -0.05) is 30.7 Å². The number of hydrogen-bond donors (Lipinski definition) is 1. The lowest BCUT2D eigenvalue weighted by atomic mass is 9.98. The molecule has 0 bridgehead atoms. The number of amides is 1. The van der Waals surface area contributed by atoms with Crippen molar-refractivity contribution < 1.29 is 4.79 Å². The lowest BCUT2D eigenvalue weighted by Gasteiger charge is -2.32. The number of carbonyl (C=O) groups excluding carboxylic acids is 1. The minimum atomic E-state index is -0.197. The highest BCUT2D eigenvalue weighted by Gasteiger charge is 2.18. The van der Waals surface area contributed by atoms with E-state index in [0.717, 1.165) is 30.3 Å². The van der Waals surface area contributed by atoms with Crippen LogP contribution >= 0.6 is 11.6 Å². The maximum absolute atomic E-state index is 12.8. The van der Waals surface area contributed by atoms with E-state index in [0.29, 0.717) is 10.6 Å². The summed E-state index contributed by atoms with van der Waals surface area (Å²) in [6.45, 7) is 6.52. The Bertz CT molecular complexity index is 995. The van der Waals surface area contributed by atoms with Crippen LogP contribution in [0.25, 0.3) is 5.69 Å². The van der Waals surface area contributed by atoms with Crippen LogP contribution < -0.4 is 10.2 Å². The van der Waals surface area contributed by atoms with Gasteiger partial charge in [0.2, 0.25) is 0 Å². The molecule has 1 amide bonds. The Hall–Kier alpha value is -2.86. The molecular formula is C23H26ClN5O. The van der Waals surface area contributed by atoms with Gasteiger partial charge in [-0.25, -0.2) is 0 Å². The van der Waals surface area contributed by atoms with Crippen molar-refractivity contribution in [1.29, 1.82) is 0 Å². The summed E-state index contributed by atoms with van der Waals surface area (Å²) in [5.41, 5.74) is 3.56.